The highest BCUT2D eigenvalue weighted by Gasteiger charge is 2.29. The van der Waals surface area contributed by atoms with E-state index in [2.05, 4.69) is 5.32 Å². The van der Waals surface area contributed by atoms with E-state index in [-0.39, 0.29) is 28.1 Å². The first kappa shape index (κ1) is 17.4. The molecule has 0 aromatic heterocycles. The summed E-state index contributed by atoms with van der Waals surface area (Å²) in [6.45, 7) is 3.28. The molecule has 0 spiro atoms. The number of carbonyl (C=O) groups excluding carboxylic acids is 1. The molecule has 116 valence electrons. The molecule has 2 N–H and O–H groups in total. The van der Waals surface area contributed by atoms with Crippen LogP contribution in [0.15, 0.2) is 29.2 Å². The molecule has 0 heterocycles. The molecular formula is C13H14F3NO3S. The predicted molar refractivity (Wildman–Crippen MR) is 72.1 cm³/mol. The number of alkyl halides is 3. The van der Waals surface area contributed by atoms with Gasteiger partial charge >= 0.3 is 11.5 Å². The summed E-state index contributed by atoms with van der Waals surface area (Å²) in [7, 11) is 0. The summed E-state index contributed by atoms with van der Waals surface area (Å²) in [5.41, 5.74) is -4.29. The van der Waals surface area contributed by atoms with Crippen LogP contribution in [0.25, 0.3) is 0 Å². The fourth-order valence-corrected chi connectivity index (χ4v) is 2.09. The van der Waals surface area contributed by atoms with Crippen LogP contribution in [0.5, 0.6) is 0 Å². The van der Waals surface area contributed by atoms with Gasteiger partial charge in [0.15, 0.2) is 0 Å². The van der Waals surface area contributed by atoms with Gasteiger partial charge in [0, 0.05) is 10.5 Å². The molecule has 0 fully saturated rings. The van der Waals surface area contributed by atoms with Crippen LogP contribution < -0.4 is 5.32 Å². The van der Waals surface area contributed by atoms with Crippen molar-refractivity contribution in [2.75, 3.05) is 0 Å². The summed E-state index contributed by atoms with van der Waals surface area (Å²) in [5, 5.41) is 11.3. The third kappa shape index (κ3) is 5.66. The van der Waals surface area contributed by atoms with E-state index in [4.69, 9.17) is 5.11 Å². The van der Waals surface area contributed by atoms with Gasteiger partial charge in [-0.15, -0.1) is 0 Å². The molecule has 4 nitrogen and oxygen atoms in total. The van der Waals surface area contributed by atoms with Gasteiger partial charge in [-0.1, -0.05) is 13.8 Å². The zero-order valence-electron chi connectivity index (χ0n) is 11.3. The van der Waals surface area contributed by atoms with Crippen molar-refractivity contribution in [1.82, 2.24) is 5.32 Å². The van der Waals surface area contributed by atoms with Crippen molar-refractivity contribution in [3.8, 4) is 0 Å². The second-order valence-electron chi connectivity index (χ2n) is 4.61. The number of hydrogen-bond acceptors (Lipinski definition) is 3. The van der Waals surface area contributed by atoms with Crippen LogP contribution in [0.1, 0.15) is 24.2 Å². The largest absolute Gasteiger partial charge is 0.480 e. The van der Waals surface area contributed by atoms with E-state index in [1.54, 1.807) is 13.8 Å². The average molecular weight is 321 g/mol. The second kappa shape index (κ2) is 6.84. The molecule has 0 aliphatic heterocycles. The van der Waals surface area contributed by atoms with E-state index in [0.29, 0.717) is 0 Å². The highest BCUT2D eigenvalue weighted by molar-refractivity contribution is 8.00. The van der Waals surface area contributed by atoms with E-state index < -0.39 is 23.4 Å². The lowest BCUT2D eigenvalue weighted by Gasteiger charge is -2.17. The van der Waals surface area contributed by atoms with Crippen molar-refractivity contribution in [3.05, 3.63) is 29.8 Å². The Morgan fingerprint density at radius 1 is 1.19 bits per heavy atom. The number of benzene rings is 1. The van der Waals surface area contributed by atoms with Crippen molar-refractivity contribution >= 4 is 23.6 Å². The van der Waals surface area contributed by atoms with Gasteiger partial charge in [-0.3, -0.25) is 4.79 Å². The van der Waals surface area contributed by atoms with E-state index >= 15 is 0 Å². The molecule has 1 amide bonds. The third-order valence-electron chi connectivity index (χ3n) is 2.57. The Kier molecular flexibility index (Phi) is 5.65. The minimum atomic E-state index is -4.39. The third-order valence-corrected chi connectivity index (χ3v) is 3.31. The fraction of sp³-hybridized carbons (Fsp3) is 0.385. The molecular weight excluding hydrogens is 307 g/mol. The lowest BCUT2D eigenvalue weighted by atomic mass is 10.0. The number of amides is 1. The maximum Gasteiger partial charge on any atom is 0.446 e. The molecule has 0 aliphatic rings. The number of halogens is 3. The SMILES string of the molecule is CC(C)C(NC(=O)c1ccc(SC(F)(F)F)cc1)C(=O)O. The summed E-state index contributed by atoms with van der Waals surface area (Å²) < 4.78 is 36.5. The zero-order valence-corrected chi connectivity index (χ0v) is 12.1. The number of carboxylic acid groups (broad SMARTS) is 1. The number of rotatable bonds is 5. The van der Waals surface area contributed by atoms with Gasteiger partial charge in [0.25, 0.3) is 5.91 Å². The standard InChI is InChI=1S/C13H14F3NO3S/c1-7(2)10(12(19)20)17-11(18)8-3-5-9(6-4-8)21-13(14,15)16/h3-7,10H,1-2H3,(H,17,18)(H,19,20). The smallest absolute Gasteiger partial charge is 0.446 e. The van der Waals surface area contributed by atoms with Crippen molar-refractivity contribution < 1.29 is 27.9 Å². The first-order valence-electron chi connectivity index (χ1n) is 5.99. The van der Waals surface area contributed by atoms with Crippen molar-refractivity contribution in [3.63, 3.8) is 0 Å². The first-order valence-corrected chi connectivity index (χ1v) is 6.81. The molecule has 8 heteroatoms. The Hall–Kier alpha value is -1.70. The maximum absolute atomic E-state index is 12.2. The Balaban J connectivity index is 2.77. The highest BCUT2D eigenvalue weighted by atomic mass is 32.2. The van der Waals surface area contributed by atoms with Gasteiger partial charge in [0.05, 0.1) is 0 Å². The van der Waals surface area contributed by atoms with Crippen LogP contribution in [-0.2, 0) is 4.79 Å². The van der Waals surface area contributed by atoms with Gasteiger partial charge in [0.1, 0.15) is 6.04 Å². The molecule has 0 bridgehead atoms. The number of hydrogen-bond donors (Lipinski definition) is 2. The molecule has 0 aliphatic carbocycles. The van der Waals surface area contributed by atoms with E-state index in [9.17, 15) is 22.8 Å². The molecule has 21 heavy (non-hydrogen) atoms. The molecule has 1 rings (SSSR count). The second-order valence-corrected chi connectivity index (χ2v) is 5.74. The molecule has 0 saturated heterocycles. The van der Waals surface area contributed by atoms with Crippen LogP contribution in [0.4, 0.5) is 13.2 Å². The Morgan fingerprint density at radius 2 is 1.71 bits per heavy atom. The number of aliphatic carboxylic acids is 1. The van der Waals surface area contributed by atoms with Crippen molar-refractivity contribution in [2.45, 2.75) is 30.3 Å². The number of thioether (sulfide) groups is 1. The molecule has 0 radical (unpaired) electrons. The summed E-state index contributed by atoms with van der Waals surface area (Å²) in [5.74, 6) is -2.12. The summed E-state index contributed by atoms with van der Waals surface area (Å²) >= 11 is -0.281. The van der Waals surface area contributed by atoms with E-state index in [0.717, 1.165) is 12.1 Å². The minimum absolute atomic E-state index is 0.0438. The van der Waals surface area contributed by atoms with Gasteiger partial charge in [-0.2, -0.15) is 13.2 Å². The number of nitrogens with one attached hydrogen (secondary N) is 1. The molecule has 0 saturated carbocycles. The lowest BCUT2D eigenvalue weighted by Crippen LogP contribution is -2.44. The highest BCUT2D eigenvalue weighted by Crippen LogP contribution is 2.36. The van der Waals surface area contributed by atoms with Crippen molar-refractivity contribution in [1.29, 1.82) is 0 Å². The molecule has 1 unspecified atom stereocenters. The van der Waals surface area contributed by atoms with Crippen LogP contribution in [0.3, 0.4) is 0 Å². The van der Waals surface area contributed by atoms with Gasteiger partial charge in [0.2, 0.25) is 0 Å². The van der Waals surface area contributed by atoms with Crippen LogP contribution in [-0.4, -0.2) is 28.5 Å². The summed E-state index contributed by atoms with van der Waals surface area (Å²) in [4.78, 5) is 22.8. The quantitative estimate of drug-likeness (QED) is 0.818. The predicted octanol–water partition coefficient (Wildman–Crippen LogP) is 3.14. The zero-order chi connectivity index (χ0) is 16.2. The van der Waals surface area contributed by atoms with Gasteiger partial charge < -0.3 is 10.4 Å². The minimum Gasteiger partial charge on any atom is -0.480 e. The van der Waals surface area contributed by atoms with Crippen LogP contribution in [0.2, 0.25) is 0 Å². The summed E-state index contributed by atoms with van der Waals surface area (Å²) in [6.07, 6.45) is 0. The molecule has 1 aromatic rings. The normalized spacial score (nSPS) is 13.0. The average Bonchev–Trinajstić information content (AvgIpc) is 2.33. The van der Waals surface area contributed by atoms with E-state index in [1.165, 1.54) is 12.1 Å². The Labute approximate surface area is 123 Å². The van der Waals surface area contributed by atoms with Gasteiger partial charge in [-0.25, -0.2) is 4.79 Å². The lowest BCUT2D eigenvalue weighted by molar-refractivity contribution is -0.140. The maximum atomic E-state index is 12.2. The Morgan fingerprint density at radius 3 is 2.10 bits per heavy atom. The van der Waals surface area contributed by atoms with E-state index in [1.807, 2.05) is 0 Å². The molecule has 1 aromatic carbocycles. The van der Waals surface area contributed by atoms with Crippen LogP contribution >= 0.6 is 11.8 Å². The topological polar surface area (TPSA) is 66.4 Å². The van der Waals surface area contributed by atoms with Crippen LogP contribution in [0, 0.1) is 5.92 Å². The van der Waals surface area contributed by atoms with Crippen molar-refractivity contribution in [2.24, 2.45) is 5.92 Å². The number of carboxylic acids is 1. The van der Waals surface area contributed by atoms with Gasteiger partial charge in [-0.05, 0) is 41.9 Å². The first-order chi connectivity index (χ1) is 9.60. The monoisotopic (exact) mass is 321 g/mol. The number of carbonyl (C=O) groups is 2. The Bertz CT molecular complexity index is 514. The summed E-state index contributed by atoms with van der Waals surface area (Å²) in [6, 6.07) is 3.73. The fourth-order valence-electron chi connectivity index (χ4n) is 1.55. The molecule has 1 atom stereocenters.